The molecule has 3 aromatic carbocycles. The molecule has 1 atom stereocenters. The molecule has 2 aliphatic rings. The van der Waals surface area contributed by atoms with Gasteiger partial charge in [-0.2, -0.15) is 0 Å². The summed E-state index contributed by atoms with van der Waals surface area (Å²) < 4.78 is 11.5. The molecule has 2 fully saturated rings. The molecule has 1 unspecified atom stereocenters. The first-order valence-corrected chi connectivity index (χ1v) is 14.8. The van der Waals surface area contributed by atoms with Crippen molar-refractivity contribution in [2.45, 2.75) is 31.9 Å². The Labute approximate surface area is 254 Å². The lowest BCUT2D eigenvalue weighted by Gasteiger charge is -2.40. The molecule has 1 N–H and O–H groups in total. The number of piperidine rings is 1. The van der Waals surface area contributed by atoms with Crippen LogP contribution >= 0.6 is 0 Å². The van der Waals surface area contributed by atoms with Crippen molar-refractivity contribution in [1.82, 2.24) is 24.9 Å². The summed E-state index contributed by atoms with van der Waals surface area (Å²) in [5, 5.41) is 7.51. The summed E-state index contributed by atoms with van der Waals surface area (Å²) >= 11 is 0. The van der Waals surface area contributed by atoms with Crippen molar-refractivity contribution >= 4 is 28.7 Å². The lowest BCUT2D eigenvalue weighted by molar-refractivity contribution is -0.139. The molecule has 44 heavy (non-hydrogen) atoms. The second kappa shape index (κ2) is 13.0. The molecule has 0 bridgehead atoms. The summed E-state index contributed by atoms with van der Waals surface area (Å²) in [6.07, 6.45) is 1.79. The fourth-order valence-corrected chi connectivity index (χ4v) is 5.70. The summed E-state index contributed by atoms with van der Waals surface area (Å²) in [6.45, 7) is 2.11. The van der Waals surface area contributed by atoms with Gasteiger partial charge in [0, 0.05) is 38.3 Å². The van der Waals surface area contributed by atoms with E-state index in [1.807, 2.05) is 30.3 Å². The number of carbonyl (C=O) groups excluding carboxylic acids is 3. The summed E-state index contributed by atoms with van der Waals surface area (Å²) in [6, 6.07) is 22.7. The third-order valence-corrected chi connectivity index (χ3v) is 8.06. The molecule has 11 heteroatoms. The van der Waals surface area contributed by atoms with Crippen LogP contribution in [0, 0.1) is 0 Å². The van der Waals surface area contributed by atoms with Gasteiger partial charge in [0.05, 0.1) is 10.8 Å². The van der Waals surface area contributed by atoms with Crippen LogP contribution in [-0.4, -0.2) is 81.6 Å². The summed E-state index contributed by atoms with van der Waals surface area (Å²) in [7, 11) is 0. The first-order chi connectivity index (χ1) is 21.5. The average Bonchev–Trinajstić information content (AvgIpc) is 3.08. The van der Waals surface area contributed by atoms with Gasteiger partial charge in [-0.3, -0.25) is 19.3 Å². The van der Waals surface area contributed by atoms with Crippen LogP contribution in [0.3, 0.4) is 0 Å². The SMILES string of the molecule is O=C(c1cccc(Oc2n[nH]c(=O)c3ccccc23)c1)N1CCN(C(=O)C2CCCCN2C(=O)OCc2ccccc2)CC1. The molecule has 2 saturated heterocycles. The van der Waals surface area contributed by atoms with Crippen LogP contribution in [-0.2, 0) is 16.1 Å². The highest BCUT2D eigenvalue weighted by Gasteiger charge is 2.37. The molecule has 6 rings (SSSR count). The van der Waals surface area contributed by atoms with Gasteiger partial charge in [-0.15, -0.1) is 5.10 Å². The van der Waals surface area contributed by atoms with Gasteiger partial charge in [-0.1, -0.05) is 48.5 Å². The number of carbonyl (C=O) groups is 3. The molecule has 3 amide bonds. The minimum Gasteiger partial charge on any atom is -0.445 e. The molecule has 1 aromatic heterocycles. The number of hydrogen-bond donors (Lipinski definition) is 1. The van der Waals surface area contributed by atoms with Gasteiger partial charge in [0.2, 0.25) is 11.8 Å². The van der Waals surface area contributed by atoms with Gasteiger partial charge in [0.1, 0.15) is 18.4 Å². The number of nitrogens with zero attached hydrogens (tertiary/aromatic N) is 4. The molecule has 0 radical (unpaired) electrons. The van der Waals surface area contributed by atoms with Crippen molar-refractivity contribution in [2.24, 2.45) is 0 Å². The topological polar surface area (TPSA) is 125 Å². The zero-order valence-electron chi connectivity index (χ0n) is 24.2. The third-order valence-electron chi connectivity index (χ3n) is 8.06. The van der Waals surface area contributed by atoms with E-state index in [2.05, 4.69) is 10.2 Å². The van der Waals surface area contributed by atoms with E-state index in [0.717, 1.165) is 18.4 Å². The Bertz CT molecular complexity index is 1720. The normalized spacial score (nSPS) is 16.9. The number of likely N-dealkylation sites (tertiary alicyclic amines) is 1. The minimum absolute atomic E-state index is 0.107. The molecular formula is C33H33N5O6. The maximum absolute atomic E-state index is 13.5. The van der Waals surface area contributed by atoms with E-state index >= 15 is 0 Å². The first kappa shape index (κ1) is 28.9. The number of piperazine rings is 1. The van der Waals surface area contributed by atoms with Crippen LogP contribution in [0.25, 0.3) is 10.8 Å². The Balaban J connectivity index is 1.06. The van der Waals surface area contributed by atoms with Crippen molar-refractivity contribution < 1.29 is 23.9 Å². The average molecular weight is 596 g/mol. The van der Waals surface area contributed by atoms with Crippen molar-refractivity contribution in [1.29, 1.82) is 0 Å². The van der Waals surface area contributed by atoms with Gasteiger partial charge >= 0.3 is 6.09 Å². The number of fused-ring (bicyclic) bond motifs is 1. The fraction of sp³-hybridized carbons (Fsp3) is 0.303. The quantitative estimate of drug-likeness (QED) is 0.354. The molecule has 0 aliphatic carbocycles. The van der Waals surface area contributed by atoms with E-state index in [1.54, 1.807) is 63.2 Å². The lowest BCUT2D eigenvalue weighted by atomic mass is 10.0. The van der Waals surface area contributed by atoms with Crippen LogP contribution in [0.5, 0.6) is 11.6 Å². The van der Waals surface area contributed by atoms with Crippen molar-refractivity contribution in [3.05, 3.63) is 100 Å². The summed E-state index contributed by atoms with van der Waals surface area (Å²) in [5.41, 5.74) is 1.02. The van der Waals surface area contributed by atoms with Crippen molar-refractivity contribution in [2.75, 3.05) is 32.7 Å². The largest absolute Gasteiger partial charge is 0.445 e. The lowest BCUT2D eigenvalue weighted by Crippen LogP contribution is -2.57. The predicted molar refractivity (Wildman–Crippen MR) is 162 cm³/mol. The number of ether oxygens (including phenoxy) is 2. The highest BCUT2D eigenvalue weighted by molar-refractivity contribution is 5.95. The van der Waals surface area contributed by atoms with E-state index in [-0.39, 0.29) is 29.9 Å². The second-order valence-electron chi connectivity index (χ2n) is 10.9. The van der Waals surface area contributed by atoms with Gasteiger partial charge < -0.3 is 19.3 Å². The maximum Gasteiger partial charge on any atom is 0.410 e. The highest BCUT2D eigenvalue weighted by atomic mass is 16.6. The number of nitrogens with one attached hydrogen (secondary N) is 1. The first-order valence-electron chi connectivity index (χ1n) is 14.8. The van der Waals surface area contributed by atoms with Crippen LogP contribution < -0.4 is 10.3 Å². The molecule has 4 aromatic rings. The predicted octanol–water partition coefficient (Wildman–Crippen LogP) is 4.19. The molecule has 3 heterocycles. The van der Waals surface area contributed by atoms with Crippen LogP contribution in [0.15, 0.2) is 83.7 Å². The Hall–Kier alpha value is -5.19. The third kappa shape index (κ3) is 6.26. The zero-order valence-corrected chi connectivity index (χ0v) is 24.2. The molecule has 226 valence electrons. The number of aromatic amines is 1. The molecule has 0 spiro atoms. The van der Waals surface area contributed by atoms with E-state index in [4.69, 9.17) is 9.47 Å². The fourth-order valence-electron chi connectivity index (χ4n) is 5.70. The Morgan fingerprint density at radius 1 is 0.818 bits per heavy atom. The van der Waals surface area contributed by atoms with Crippen LogP contribution in [0.1, 0.15) is 35.2 Å². The molecule has 11 nitrogen and oxygen atoms in total. The van der Waals surface area contributed by atoms with Gasteiger partial charge in [-0.25, -0.2) is 9.89 Å². The smallest absolute Gasteiger partial charge is 0.410 e. The standard InChI is InChI=1S/C33H33N5O6/c39-29-26-13-4-5-14-27(26)30(35-34-29)44-25-12-8-11-24(21-25)31(40)36-17-19-37(20-18-36)32(41)28-15-6-7-16-38(28)33(42)43-22-23-9-2-1-3-10-23/h1-5,8-14,21,28H,6-7,15-20,22H2,(H,34,39). The molecule has 0 saturated carbocycles. The number of hydrogen-bond acceptors (Lipinski definition) is 7. The number of amides is 3. The van der Waals surface area contributed by atoms with Crippen LogP contribution in [0.2, 0.25) is 0 Å². The molecular weight excluding hydrogens is 562 g/mol. The highest BCUT2D eigenvalue weighted by Crippen LogP contribution is 2.27. The van der Waals surface area contributed by atoms with Gasteiger partial charge in [0.15, 0.2) is 0 Å². The Morgan fingerprint density at radius 3 is 2.34 bits per heavy atom. The Kier molecular flexibility index (Phi) is 8.53. The second-order valence-corrected chi connectivity index (χ2v) is 10.9. The van der Waals surface area contributed by atoms with E-state index in [1.165, 1.54) is 0 Å². The van der Waals surface area contributed by atoms with Crippen LogP contribution in [0.4, 0.5) is 4.79 Å². The van der Waals surface area contributed by atoms with E-state index in [9.17, 15) is 19.2 Å². The number of benzene rings is 3. The van der Waals surface area contributed by atoms with Gasteiger partial charge in [-0.05, 0) is 55.2 Å². The monoisotopic (exact) mass is 595 g/mol. The minimum atomic E-state index is -0.569. The van der Waals surface area contributed by atoms with E-state index in [0.29, 0.717) is 61.2 Å². The Morgan fingerprint density at radius 2 is 1.55 bits per heavy atom. The maximum atomic E-state index is 13.5. The van der Waals surface area contributed by atoms with E-state index < -0.39 is 12.1 Å². The number of H-pyrrole nitrogens is 1. The van der Waals surface area contributed by atoms with Crippen molar-refractivity contribution in [3.63, 3.8) is 0 Å². The number of rotatable bonds is 6. The van der Waals surface area contributed by atoms with Crippen molar-refractivity contribution in [3.8, 4) is 11.6 Å². The van der Waals surface area contributed by atoms with Gasteiger partial charge in [0.25, 0.3) is 11.5 Å². The summed E-state index contributed by atoms with van der Waals surface area (Å²) in [4.78, 5) is 57.0. The molecule has 2 aliphatic heterocycles. The summed E-state index contributed by atoms with van der Waals surface area (Å²) in [5.74, 6) is 0.360. The number of aromatic nitrogens is 2. The zero-order chi connectivity index (χ0) is 30.5.